The van der Waals surface area contributed by atoms with Gasteiger partial charge in [-0.1, -0.05) is 45.7 Å². The molecular weight excluding hydrogens is 343 g/mol. The normalized spacial score (nSPS) is 14.1. The molecule has 0 amide bonds. The highest BCUT2D eigenvalue weighted by Crippen LogP contribution is 2.23. The molecule has 0 aromatic heterocycles. The van der Waals surface area contributed by atoms with E-state index >= 15 is 0 Å². The van der Waals surface area contributed by atoms with Crippen LogP contribution in [0.1, 0.15) is 18.1 Å². The second-order valence-corrected chi connectivity index (χ2v) is 6.56. The summed E-state index contributed by atoms with van der Waals surface area (Å²) in [4.78, 5) is 0. The van der Waals surface area contributed by atoms with Gasteiger partial charge in [-0.25, -0.2) is 4.39 Å². The molecule has 0 fully saturated rings. The fourth-order valence-corrected chi connectivity index (χ4v) is 2.60. The van der Waals surface area contributed by atoms with Gasteiger partial charge in [-0.05, 0) is 42.3 Å². The second-order valence-electron chi connectivity index (χ2n) is 5.21. The fourth-order valence-electron chi connectivity index (χ4n) is 2.18. The first-order valence-electron chi connectivity index (χ1n) is 6.26. The van der Waals surface area contributed by atoms with Crippen LogP contribution in [-0.2, 0) is 12.8 Å². The Labute approximate surface area is 131 Å². The highest BCUT2D eigenvalue weighted by molar-refractivity contribution is 9.10. The molecule has 1 N–H and O–H groups in total. The van der Waals surface area contributed by atoms with Crippen molar-refractivity contribution < 1.29 is 9.50 Å². The molecule has 0 radical (unpaired) electrons. The smallest absolute Gasteiger partial charge is 0.127 e. The number of hydrogen-bond donors (Lipinski definition) is 1. The number of halogens is 3. The lowest BCUT2D eigenvalue weighted by Crippen LogP contribution is -2.30. The molecule has 0 spiro atoms. The first-order chi connectivity index (χ1) is 9.35. The number of aliphatic hydroxyl groups is 1. The minimum atomic E-state index is -1.01. The van der Waals surface area contributed by atoms with Crippen LogP contribution in [0.5, 0.6) is 0 Å². The van der Waals surface area contributed by atoms with Crippen LogP contribution in [0.4, 0.5) is 4.39 Å². The average Bonchev–Trinajstić information content (AvgIpc) is 2.35. The Kier molecular flexibility index (Phi) is 4.84. The molecule has 106 valence electrons. The lowest BCUT2D eigenvalue weighted by molar-refractivity contribution is 0.0599. The molecule has 2 aromatic carbocycles. The van der Waals surface area contributed by atoms with Crippen LogP contribution in [0.25, 0.3) is 0 Å². The Balaban J connectivity index is 2.12. The van der Waals surface area contributed by atoms with Gasteiger partial charge >= 0.3 is 0 Å². The van der Waals surface area contributed by atoms with Gasteiger partial charge in [-0.2, -0.15) is 0 Å². The van der Waals surface area contributed by atoms with E-state index in [1.165, 1.54) is 6.07 Å². The maximum absolute atomic E-state index is 13.8. The van der Waals surface area contributed by atoms with Crippen LogP contribution in [0.15, 0.2) is 46.9 Å². The van der Waals surface area contributed by atoms with Crippen molar-refractivity contribution in [1.82, 2.24) is 0 Å². The third-order valence-electron chi connectivity index (χ3n) is 3.08. The van der Waals surface area contributed by atoms with Crippen molar-refractivity contribution in [1.29, 1.82) is 0 Å². The summed E-state index contributed by atoms with van der Waals surface area (Å²) in [7, 11) is 0. The van der Waals surface area contributed by atoms with Crippen molar-refractivity contribution in [3.8, 4) is 0 Å². The van der Waals surface area contributed by atoms with Crippen molar-refractivity contribution in [3.05, 3.63) is 68.9 Å². The van der Waals surface area contributed by atoms with Gasteiger partial charge < -0.3 is 5.11 Å². The van der Waals surface area contributed by atoms with E-state index < -0.39 is 5.60 Å². The lowest BCUT2D eigenvalue weighted by Gasteiger charge is -2.24. The molecular formula is C16H15BrClFO. The molecule has 2 aromatic rings. The van der Waals surface area contributed by atoms with E-state index in [9.17, 15) is 9.50 Å². The summed E-state index contributed by atoms with van der Waals surface area (Å²) in [5, 5.41) is 10.8. The first-order valence-corrected chi connectivity index (χ1v) is 7.44. The zero-order valence-corrected chi connectivity index (χ0v) is 13.4. The predicted molar refractivity (Wildman–Crippen MR) is 83.6 cm³/mol. The molecule has 4 heteroatoms. The van der Waals surface area contributed by atoms with E-state index in [4.69, 9.17) is 11.6 Å². The van der Waals surface area contributed by atoms with E-state index in [2.05, 4.69) is 15.9 Å². The topological polar surface area (TPSA) is 20.2 Å². The summed E-state index contributed by atoms with van der Waals surface area (Å²) in [6.07, 6.45) is 0.703. The molecule has 0 aliphatic heterocycles. The van der Waals surface area contributed by atoms with Gasteiger partial charge in [0.2, 0.25) is 0 Å². The summed E-state index contributed by atoms with van der Waals surface area (Å²) >= 11 is 9.10. The van der Waals surface area contributed by atoms with Crippen LogP contribution >= 0.6 is 27.5 Å². The monoisotopic (exact) mass is 356 g/mol. The standard InChI is InChI=1S/C16H15BrClFO/c1-16(20,9-11-2-5-13(17)6-3-11)10-12-4-7-14(18)8-15(12)19/h2-8,20H,9-10H2,1H3. The summed E-state index contributed by atoms with van der Waals surface area (Å²) in [6.45, 7) is 1.71. The highest BCUT2D eigenvalue weighted by atomic mass is 79.9. The number of rotatable bonds is 4. The van der Waals surface area contributed by atoms with Crippen molar-refractivity contribution in [2.24, 2.45) is 0 Å². The van der Waals surface area contributed by atoms with Crippen LogP contribution < -0.4 is 0 Å². The maximum atomic E-state index is 13.8. The molecule has 1 unspecified atom stereocenters. The van der Waals surface area contributed by atoms with Crippen LogP contribution in [0.2, 0.25) is 5.02 Å². The highest BCUT2D eigenvalue weighted by Gasteiger charge is 2.23. The lowest BCUT2D eigenvalue weighted by atomic mass is 9.89. The van der Waals surface area contributed by atoms with Gasteiger partial charge in [0.05, 0.1) is 5.60 Å². The van der Waals surface area contributed by atoms with Gasteiger partial charge in [0, 0.05) is 22.3 Å². The molecule has 0 heterocycles. The van der Waals surface area contributed by atoms with Crippen LogP contribution in [-0.4, -0.2) is 10.7 Å². The quantitative estimate of drug-likeness (QED) is 0.835. The predicted octanol–water partition coefficient (Wildman–Crippen LogP) is 4.78. The van der Waals surface area contributed by atoms with Gasteiger partial charge in [-0.15, -0.1) is 0 Å². The molecule has 0 saturated heterocycles. The van der Waals surface area contributed by atoms with E-state index in [0.29, 0.717) is 17.0 Å². The van der Waals surface area contributed by atoms with Gasteiger partial charge in [0.1, 0.15) is 5.82 Å². The van der Waals surface area contributed by atoms with Crippen LogP contribution in [0.3, 0.4) is 0 Å². The fraction of sp³-hybridized carbons (Fsp3) is 0.250. The Morgan fingerprint density at radius 3 is 2.40 bits per heavy atom. The maximum Gasteiger partial charge on any atom is 0.127 e. The number of hydrogen-bond acceptors (Lipinski definition) is 1. The van der Waals surface area contributed by atoms with E-state index in [1.54, 1.807) is 19.1 Å². The van der Waals surface area contributed by atoms with E-state index in [1.807, 2.05) is 24.3 Å². The van der Waals surface area contributed by atoms with Gasteiger partial charge in [0.25, 0.3) is 0 Å². The largest absolute Gasteiger partial charge is 0.389 e. The van der Waals surface area contributed by atoms with Crippen molar-refractivity contribution in [2.75, 3.05) is 0 Å². The van der Waals surface area contributed by atoms with Gasteiger partial charge in [0.15, 0.2) is 0 Å². The Bertz CT molecular complexity index is 596. The summed E-state index contributed by atoms with van der Waals surface area (Å²) in [6, 6.07) is 12.3. The Morgan fingerprint density at radius 1 is 1.15 bits per heavy atom. The van der Waals surface area contributed by atoms with Gasteiger partial charge in [-0.3, -0.25) is 0 Å². The van der Waals surface area contributed by atoms with Crippen molar-refractivity contribution >= 4 is 27.5 Å². The minimum Gasteiger partial charge on any atom is -0.389 e. The molecule has 0 saturated carbocycles. The zero-order chi connectivity index (χ0) is 14.8. The average molecular weight is 358 g/mol. The third kappa shape index (κ3) is 4.30. The molecule has 1 atom stereocenters. The Hall–Kier alpha value is -0.900. The summed E-state index contributed by atoms with van der Waals surface area (Å²) in [5.41, 5.74) is 0.465. The molecule has 20 heavy (non-hydrogen) atoms. The molecule has 0 bridgehead atoms. The molecule has 0 aliphatic rings. The molecule has 0 aliphatic carbocycles. The minimum absolute atomic E-state index is 0.242. The SMILES string of the molecule is CC(O)(Cc1ccc(Br)cc1)Cc1ccc(Cl)cc1F. The molecule has 2 rings (SSSR count). The van der Waals surface area contributed by atoms with Crippen molar-refractivity contribution in [2.45, 2.75) is 25.4 Å². The summed E-state index contributed by atoms with van der Waals surface area (Å²) in [5.74, 6) is -0.381. The number of benzene rings is 2. The first kappa shape index (κ1) is 15.5. The van der Waals surface area contributed by atoms with E-state index in [0.717, 1.165) is 10.0 Å². The Morgan fingerprint density at radius 2 is 1.80 bits per heavy atom. The van der Waals surface area contributed by atoms with E-state index in [-0.39, 0.29) is 12.2 Å². The van der Waals surface area contributed by atoms with Crippen molar-refractivity contribution in [3.63, 3.8) is 0 Å². The third-order valence-corrected chi connectivity index (χ3v) is 3.85. The van der Waals surface area contributed by atoms with Crippen LogP contribution in [0, 0.1) is 5.82 Å². The zero-order valence-electron chi connectivity index (χ0n) is 11.0. The molecule has 1 nitrogen and oxygen atoms in total. The second kappa shape index (κ2) is 6.25. The summed E-state index contributed by atoms with van der Waals surface area (Å²) < 4.78 is 14.8.